The number of likely N-dealkylation sites (N-methyl/N-ethyl adjacent to an activating group) is 1. The van der Waals surface area contributed by atoms with Crippen LogP contribution in [-0.2, 0) is 27.9 Å². The summed E-state index contributed by atoms with van der Waals surface area (Å²) in [6, 6.07) is 0. The van der Waals surface area contributed by atoms with Crippen molar-refractivity contribution in [2.75, 3.05) is 54.1 Å². The first-order valence-corrected chi connectivity index (χ1v) is 23.2. The van der Waals surface area contributed by atoms with Crippen LogP contribution in [0.15, 0.2) is 72.9 Å². The van der Waals surface area contributed by atoms with E-state index in [1.165, 1.54) is 64.2 Å². The molecule has 0 radical (unpaired) electrons. The lowest BCUT2D eigenvalue weighted by Crippen LogP contribution is -2.37. The Morgan fingerprint density at radius 3 is 1.55 bits per heavy atom. The van der Waals surface area contributed by atoms with Crippen LogP contribution in [0.4, 0.5) is 0 Å². The van der Waals surface area contributed by atoms with Crippen molar-refractivity contribution < 1.29 is 37.3 Å². The van der Waals surface area contributed by atoms with Crippen LogP contribution >= 0.6 is 7.82 Å². The number of carbonyl (C=O) groups is 1. The molecule has 318 valence electrons. The molecule has 0 aromatic carbocycles. The number of nitrogens with zero attached hydrogens (tertiary/aromatic N) is 1. The molecule has 0 aromatic rings. The molecule has 9 heteroatoms. The average Bonchev–Trinajstić information content (AvgIpc) is 3.13. The number of phosphoric ester groups is 1. The molecule has 0 heterocycles. The monoisotopic (exact) mass is 793 g/mol. The van der Waals surface area contributed by atoms with Gasteiger partial charge in [0.05, 0.1) is 34.4 Å². The fourth-order valence-corrected chi connectivity index (χ4v) is 6.18. The molecule has 0 aromatic heterocycles. The van der Waals surface area contributed by atoms with Gasteiger partial charge in [-0.05, 0) is 64.2 Å². The number of ether oxygens (including phenoxy) is 2. The van der Waals surface area contributed by atoms with E-state index in [-0.39, 0.29) is 32.2 Å². The molecule has 0 bridgehead atoms. The molecule has 0 aliphatic rings. The molecule has 0 aliphatic heterocycles. The van der Waals surface area contributed by atoms with Crippen LogP contribution in [0, 0.1) is 0 Å². The summed E-state index contributed by atoms with van der Waals surface area (Å²) < 4.78 is 34.9. The lowest BCUT2D eigenvalue weighted by molar-refractivity contribution is -0.870. The Bertz CT molecular complexity index is 1110. The van der Waals surface area contributed by atoms with Gasteiger partial charge in [-0.3, -0.25) is 13.8 Å². The predicted molar refractivity (Wildman–Crippen MR) is 233 cm³/mol. The van der Waals surface area contributed by atoms with Crippen LogP contribution < -0.4 is 0 Å². The van der Waals surface area contributed by atoms with Gasteiger partial charge in [-0.2, -0.15) is 0 Å². The summed E-state index contributed by atoms with van der Waals surface area (Å²) in [6.07, 6.45) is 49.4. The van der Waals surface area contributed by atoms with Crippen molar-refractivity contribution in [1.82, 2.24) is 0 Å². The zero-order chi connectivity index (χ0) is 40.6. The molecule has 55 heavy (non-hydrogen) atoms. The Balaban J connectivity index is 4.34. The van der Waals surface area contributed by atoms with Crippen molar-refractivity contribution >= 4 is 13.8 Å². The lowest BCUT2D eigenvalue weighted by atomic mass is 10.1. The van der Waals surface area contributed by atoms with E-state index in [4.69, 9.17) is 18.5 Å². The second kappa shape index (κ2) is 38.8. The number of quaternary nitrogens is 1. The number of rotatable bonds is 39. The van der Waals surface area contributed by atoms with E-state index >= 15 is 0 Å². The maximum absolute atomic E-state index is 12.7. The van der Waals surface area contributed by atoms with Crippen LogP contribution in [0.1, 0.15) is 155 Å². The highest BCUT2D eigenvalue weighted by atomic mass is 31.2. The molecule has 0 rings (SSSR count). The Hall–Kier alpha value is -2.06. The van der Waals surface area contributed by atoms with E-state index in [0.717, 1.165) is 64.2 Å². The second-order valence-electron chi connectivity index (χ2n) is 15.3. The van der Waals surface area contributed by atoms with E-state index in [1.807, 2.05) is 21.1 Å². The smallest absolute Gasteiger partial charge is 0.457 e. The number of hydrogen-bond acceptors (Lipinski definition) is 6. The Labute approximate surface area is 338 Å². The Morgan fingerprint density at radius 1 is 0.582 bits per heavy atom. The van der Waals surface area contributed by atoms with Gasteiger partial charge in [-0.1, -0.05) is 157 Å². The van der Waals surface area contributed by atoms with Crippen molar-refractivity contribution in [2.24, 2.45) is 0 Å². The second-order valence-corrected chi connectivity index (χ2v) is 16.8. The Kier molecular flexibility index (Phi) is 37.3. The number of unbranched alkanes of at least 4 members (excludes halogenated alkanes) is 13. The van der Waals surface area contributed by atoms with Gasteiger partial charge in [0, 0.05) is 13.0 Å². The molecular formula is C46H83NO7P+. The number of carbonyl (C=O) groups excluding carboxylic acids is 1. The van der Waals surface area contributed by atoms with Crippen LogP contribution in [-0.4, -0.2) is 75.6 Å². The van der Waals surface area contributed by atoms with Gasteiger partial charge < -0.3 is 18.9 Å². The standard InChI is InChI=1S/C46H82NO7P/c1-6-8-10-12-14-16-18-20-21-22-23-24-25-26-27-28-29-31-33-35-37-39-46(48)54-45(44-53-55(49,50)52-42-40-47(3,4)5)43-51-41-38-36-34-32-30-19-17-15-13-11-9-7-2/h8,10,14,16,20-21,23-24,26-27,29,31,45H,6-7,9,11-13,15,17-19,22,25,28,30,32-44H2,1-5H3/p+1/b10-8-,16-14-,21-20-,24-23-,27-26-,31-29-. The maximum Gasteiger partial charge on any atom is 0.472 e. The minimum absolute atomic E-state index is 0.0773. The quantitative estimate of drug-likeness (QED) is 0.0218. The van der Waals surface area contributed by atoms with Crippen molar-refractivity contribution in [3.05, 3.63) is 72.9 Å². The number of hydrogen-bond donors (Lipinski definition) is 1. The summed E-state index contributed by atoms with van der Waals surface area (Å²) >= 11 is 0. The zero-order valence-corrected chi connectivity index (χ0v) is 36.8. The van der Waals surface area contributed by atoms with Crippen molar-refractivity contribution in [1.29, 1.82) is 0 Å². The van der Waals surface area contributed by atoms with Gasteiger partial charge in [-0.25, -0.2) is 4.57 Å². The molecule has 0 aliphatic carbocycles. The highest BCUT2D eigenvalue weighted by Gasteiger charge is 2.26. The van der Waals surface area contributed by atoms with Gasteiger partial charge in [-0.15, -0.1) is 0 Å². The van der Waals surface area contributed by atoms with Crippen LogP contribution in [0.3, 0.4) is 0 Å². The lowest BCUT2D eigenvalue weighted by Gasteiger charge is -2.24. The number of phosphoric acid groups is 1. The van der Waals surface area contributed by atoms with Crippen molar-refractivity contribution in [3.63, 3.8) is 0 Å². The van der Waals surface area contributed by atoms with Crippen LogP contribution in [0.25, 0.3) is 0 Å². The zero-order valence-electron chi connectivity index (χ0n) is 35.9. The normalized spacial score (nSPS) is 14.5. The minimum Gasteiger partial charge on any atom is -0.457 e. The first-order valence-electron chi connectivity index (χ1n) is 21.7. The summed E-state index contributed by atoms with van der Waals surface area (Å²) in [5, 5.41) is 0. The topological polar surface area (TPSA) is 91.3 Å². The summed E-state index contributed by atoms with van der Waals surface area (Å²) in [5.74, 6) is -0.357. The SMILES string of the molecule is CC/C=C\C/C=C\C/C=C\C/C=C\C/C=C\C/C=C\CCCCC(=O)OC(COCCCCCCCCCCCCCC)COP(=O)(O)OCC[N+](C)(C)C. The first kappa shape index (κ1) is 52.9. The first-order chi connectivity index (χ1) is 26.6. The molecule has 2 unspecified atom stereocenters. The van der Waals surface area contributed by atoms with E-state index < -0.39 is 13.9 Å². The van der Waals surface area contributed by atoms with Gasteiger partial charge in [0.25, 0.3) is 0 Å². The van der Waals surface area contributed by atoms with Crippen LogP contribution in [0.5, 0.6) is 0 Å². The maximum atomic E-state index is 12.7. The summed E-state index contributed by atoms with van der Waals surface area (Å²) in [4.78, 5) is 22.9. The fraction of sp³-hybridized carbons (Fsp3) is 0.717. The van der Waals surface area contributed by atoms with E-state index in [1.54, 1.807) is 0 Å². The van der Waals surface area contributed by atoms with E-state index in [9.17, 15) is 14.3 Å². The van der Waals surface area contributed by atoms with Gasteiger partial charge in [0.2, 0.25) is 0 Å². The van der Waals surface area contributed by atoms with Gasteiger partial charge >= 0.3 is 13.8 Å². The largest absolute Gasteiger partial charge is 0.472 e. The van der Waals surface area contributed by atoms with Crippen molar-refractivity contribution in [2.45, 2.75) is 161 Å². The molecule has 1 N–H and O–H groups in total. The average molecular weight is 793 g/mol. The molecule has 8 nitrogen and oxygen atoms in total. The third kappa shape index (κ3) is 42.9. The summed E-state index contributed by atoms with van der Waals surface area (Å²) in [6.45, 7) is 5.43. The summed E-state index contributed by atoms with van der Waals surface area (Å²) in [5.41, 5.74) is 0. The molecule has 2 atom stereocenters. The predicted octanol–water partition coefficient (Wildman–Crippen LogP) is 12.7. The van der Waals surface area contributed by atoms with Gasteiger partial charge in [0.15, 0.2) is 0 Å². The minimum atomic E-state index is -4.29. The number of esters is 1. The van der Waals surface area contributed by atoms with E-state index in [2.05, 4.69) is 86.8 Å². The molecular weight excluding hydrogens is 709 g/mol. The van der Waals surface area contributed by atoms with E-state index in [0.29, 0.717) is 24.1 Å². The van der Waals surface area contributed by atoms with Gasteiger partial charge in [0.1, 0.15) is 19.3 Å². The Morgan fingerprint density at radius 2 is 1.05 bits per heavy atom. The molecule has 0 amide bonds. The number of allylic oxidation sites excluding steroid dienone is 12. The fourth-order valence-electron chi connectivity index (χ4n) is 5.44. The highest BCUT2D eigenvalue weighted by Crippen LogP contribution is 2.43. The third-order valence-corrected chi connectivity index (χ3v) is 9.77. The molecule has 0 saturated heterocycles. The molecule has 0 spiro atoms. The highest BCUT2D eigenvalue weighted by molar-refractivity contribution is 7.47. The van der Waals surface area contributed by atoms with Crippen LogP contribution in [0.2, 0.25) is 0 Å². The molecule has 0 fully saturated rings. The van der Waals surface area contributed by atoms with Crippen molar-refractivity contribution in [3.8, 4) is 0 Å². The third-order valence-electron chi connectivity index (χ3n) is 8.78. The molecule has 0 saturated carbocycles. The summed E-state index contributed by atoms with van der Waals surface area (Å²) in [7, 11) is 1.63.